The summed E-state index contributed by atoms with van der Waals surface area (Å²) in [5.74, 6) is 0. The number of nitrogens with one attached hydrogen (secondary N) is 1. The molecule has 0 fully saturated rings. The number of aliphatic hydroxyl groups excluding tert-OH is 1. The molecule has 0 aromatic carbocycles. The maximum Gasteiger partial charge on any atom is 0.0924 e. The standard InChI is InChI=1S/C6H12N2O/c1-6(5-7)8-3-2-4-9/h6,8-9H,2-4H2,1H3/t6-/m1/s1. The number of rotatable bonds is 4. The molecule has 2 N–H and O–H groups in total. The van der Waals surface area contributed by atoms with Crippen LogP contribution in [0.4, 0.5) is 0 Å². The van der Waals surface area contributed by atoms with Crippen molar-refractivity contribution >= 4 is 0 Å². The van der Waals surface area contributed by atoms with Crippen molar-refractivity contribution in [2.75, 3.05) is 13.2 Å². The average molecular weight is 128 g/mol. The van der Waals surface area contributed by atoms with Gasteiger partial charge in [-0.05, 0) is 19.9 Å². The summed E-state index contributed by atoms with van der Waals surface area (Å²) in [6.07, 6.45) is 0.714. The minimum Gasteiger partial charge on any atom is -0.396 e. The van der Waals surface area contributed by atoms with Crippen LogP contribution in [0.1, 0.15) is 13.3 Å². The van der Waals surface area contributed by atoms with E-state index < -0.39 is 0 Å². The molecule has 0 aromatic rings. The molecule has 52 valence electrons. The first-order chi connectivity index (χ1) is 4.31. The van der Waals surface area contributed by atoms with Crippen LogP contribution >= 0.6 is 0 Å². The van der Waals surface area contributed by atoms with Gasteiger partial charge in [0.2, 0.25) is 0 Å². The Morgan fingerprint density at radius 3 is 2.89 bits per heavy atom. The number of nitriles is 1. The van der Waals surface area contributed by atoms with E-state index in [9.17, 15) is 0 Å². The van der Waals surface area contributed by atoms with E-state index in [0.717, 1.165) is 0 Å². The topological polar surface area (TPSA) is 56.0 Å². The molecule has 0 rings (SSSR count). The number of nitrogens with zero attached hydrogens (tertiary/aromatic N) is 1. The highest BCUT2D eigenvalue weighted by Crippen LogP contribution is 1.77. The Bertz CT molecular complexity index is 97.7. The van der Waals surface area contributed by atoms with Gasteiger partial charge in [-0.2, -0.15) is 5.26 Å². The van der Waals surface area contributed by atoms with Gasteiger partial charge in [-0.1, -0.05) is 0 Å². The molecule has 0 aliphatic carbocycles. The van der Waals surface area contributed by atoms with Gasteiger partial charge in [0.25, 0.3) is 0 Å². The van der Waals surface area contributed by atoms with E-state index >= 15 is 0 Å². The van der Waals surface area contributed by atoms with Crippen LogP contribution in [0.3, 0.4) is 0 Å². The zero-order valence-corrected chi connectivity index (χ0v) is 5.59. The Kier molecular flexibility index (Phi) is 5.18. The lowest BCUT2D eigenvalue weighted by Gasteiger charge is -2.02. The van der Waals surface area contributed by atoms with E-state index in [1.54, 1.807) is 6.92 Å². The summed E-state index contributed by atoms with van der Waals surface area (Å²) in [5, 5.41) is 19.5. The monoisotopic (exact) mass is 128 g/mol. The minimum atomic E-state index is -0.100. The van der Waals surface area contributed by atoms with Crippen LogP contribution in [0.15, 0.2) is 0 Å². The van der Waals surface area contributed by atoms with Crippen LogP contribution in [0, 0.1) is 11.3 Å². The molecule has 0 saturated carbocycles. The summed E-state index contributed by atoms with van der Waals surface area (Å²) in [4.78, 5) is 0. The van der Waals surface area contributed by atoms with Crippen molar-refractivity contribution in [1.82, 2.24) is 5.32 Å². The SMILES string of the molecule is C[C@H](C#N)NCCCO. The molecule has 3 heteroatoms. The van der Waals surface area contributed by atoms with E-state index in [-0.39, 0.29) is 12.6 Å². The Labute approximate surface area is 55.3 Å². The van der Waals surface area contributed by atoms with Gasteiger partial charge in [0.1, 0.15) is 0 Å². The van der Waals surface area contributed by atoms with Crippen molar-refractivity contribution < 1.29 is 5.11 Å². The molecule has 0 unspecified atom stereocenters. The highest BCUT2D eigenvalue weighted by atomic mass is 16.3. The summed E-state index contributed by atoms with van der Waals surface area (Å²) < 4.78 is 0. The second-order valence-corrected chi connectivity index (χ2v) is 1.88. The van der Waals surface area contributed by atoms with E-state index in [0.29, 0.717) is 13.0 Å². The number of aliphatic hydroxyl groups is 1. The molecule has 0 spiro atoms. The fourth-order valence-corrected chi connectivity index (χ4v) is 0.443. The van der Waals surface area contributed by atoms with Crippen LogP contribution in [0.5, 0.6) is 0 Å². The quantitative estimate of drug-likeness (QED) is 0.518. The summed E-state index contributed by atoms with van der Waals surface area (Å²) in [6, 6.07) is 1.93. The summed E-state index contributed by atoms with van der Waals surface area (Å²) >= 11 is 0. The second kappa shape index (κ2) is 5.54. The van der Waals surface area contributed by atoms with Gasteiger partial charge < -0.3 is 10.4 Å². The predicted molar refractivity (Wildman–Crippen MR) is 34.8 cm³/mol. The van der Waals surface area contributed by atoms with Gasteiger partial charge in [-0.15, -0.1) is 0 Å². The van der Waals surface area contributed by atoms with Crippen molar-refractivity contribution in [3.8, 4) is 6.07 Å². The zero-order chi connectivity index (χ0) is 7.11. The van der Waals surface area contributed by atoms with Crippen LogP contribution < -0.4 is 5.32 Å². The normalized spacial score (nSPS) is 12.6. The molecular weight excluding hydrogens is 116 g/mol. The van der Waals surface area contributed by atoms with Gasteiger partial charge in [0.05, 0.1) is 12.1 Å². The average Bonchev–Trinajstić information content (AvgIpc) is 1.89. The Hall–Kier alpha value is -0.590. The van der Waals surface area contributed by atoms with Gasteiger partial charge in [-0.3, -0.25) is 0 Å². The molecule has 0 saturated heterocycles. The highest BCUT2D eigenvalue weighted by molar-refractivity contribution is 4.84. The van der Waals surface area contributed by atoms with Gasteiger partial charge >= 0.3 is 0 Å². The van der Waals surface area contributed by atoms with Crippen molar-refractivity contribution in [3.63, 3.8) is 0 Å². The third-order valence-electron chi connectivity index (χ3n) is 0.979. The maximum atomic E-state index is 8.33. The molecule has 1 atom stereocenters. The lowest BCUT2D eigenvalue weighted by Crippen LogP contribution is -2.25. The van der Waals surface area contributed by atoms with Crippen molar-refractivity contribution in [1.29, 1.82) is 5.26 Å². The molecule has 0 heterocycles. The van der Waals surface area contributed by atoms with Gasteiger partial charge in [0, 0.05) is 6.61 Å². The van der Waals surface area contributed by atoms with Crippen LogP contribution in [-0.4, -0.2) is 24.3 Å². The Morgan fingerprint density at radius 1 is 1.78 bits per heavy atom. The summed E-state index contributed by atoms with van der Waals surface area (Å²) in [7, 11) is 0. The minimum absolute atomic E-state index is 0.100. The fraction of sp³-hybridized carbons (Fsp3) is 0.833. The zero-order valence-electron chi connectivity index (χ0n) is 5.59. The molecule has 0 aliphatic rings. The number of hydrogen-bond acceptors (Lipinski definition) is 3. The van der Waals surface area contributed by atoms with E-state index in [1.807, 2.05) is 6.07 Å². The molecule has 0 aliphatic heterocycles. The summed E-state index contributed by atoms with van der Waals surface area (Å²) in [5.41, 5.74) is 0. The van der Waals surface area contributed by atoms with Crippen molar-refractivity contribution in [3.05, 3.63) is 0 Å². The third kappa shape index (κ3) is 5.28. The third-order valence-corrected chi connectivity index (χ3v) is 0.979. The lowest BCUT2D eigenvalue weighted by atomic mass is 10.3. The Balaban J connectivity index is 2.99. The molecule has 9 heavy (non-hydrogen) atoms. The maximum absolute atomic E-state index is 8.33. The van der Waals surface area contributed by atoms with Gasteiger partial charge in [-0.25, -0.2) is 0 Å². The molecular formula is C6H12N2O. The molecule has 0 radical (unpaired) electrons. The fourth-order valence-electron chi connectivity index (χ4n) is 0.443. The molecule has 3 nitrogen and oxygen atoms in total. The second-order valence-electron chi connectivity index (χ2n) is 1.88. The van der Waals surface area contributed by atoms with E-state index in [1.165, 1.54) is 0 Å². The van der Waals surface area contributed by atoms with Gasteiger partial charge in [0.15, 0.2) is 0 Å². The van der Waals surface area contributed by atoms with Crippen molar-refractivity contribution in [2.45, 2.75) is 19.4 Å². The van der Waals surface area contributed by atoms with Crippen LogP contribution in [-0.2, 0) is 0 Å². The first-order valence-corrected chi connectivity index (χ1v) is 3.05. The largest absolute Gasteiger partial charge is 0.396 e. The number of hydrogen-bond donors (Lipinski definition) is 2. The smallest absolute Gasteiger partial charge is 0.0924 e. The first-order valence-electron chi connectivity index (χ1n) is 3.05. The van der Waals surface area contributed by atoms with Crippen molar-refractivity contribution in [2.24, 2.45) is 0 Å². The molecule has 0 amide bonds. The first kappa shape index (κ1) is 8.41. The van der Waals surface area contributed by atoms with Crippen LogP contribution in [0.25, 0.3) is 0 Å². The van der Waals surface area contributed by atoms with E-state index in [2.05, 4.69) is 5.32 Å². The molecule has 0 aromatic heterocycles. The summed E-state index contributed by atoms with van der Waals surface area (Å²) in [6.45, 7) is 2.69. The van der Waals surface area contributed by atoms with E-state index in [4.69, 9.17) is 10.4 Å². The highest BCUT2D eigenvalue weighted by Gasteiger charge is 1.93. The predicted octanol–water partition coefficient (Wildman–Crippen LogP) is -0.130. The lowest BCUT2D eigenvalue weighted by molar-refractivity contribution is 0.285. The van der Waals surface area contributed by atoms with Crippen LogP contribution in [0.2, 0.25) is 0 Å². The Morgan fingerprint density at radius 2 is 2.44 bits per heavy atom. The molecule has 0 bridgehead atoms.